The van der Waals surface area contributed by atoms with Gasteiger partial charge >= 0.3 is 0 Å². The molecule has 0 aromatic carbocycles. The van der Waals surface area contributed by atoms with E-state index in [0.29, 0.717) is 29.3 Å². The predicted octanol–water partition coefficient (Wildman–Crippen LogP) is 1.11. The number of hydrogen-bond donors (Lipinski definition) is 0. The highest BCUT2D eigenvalue weighted by Gasteiger charge is 2.42. The van der Waals surface area contributed by atoms with Gasteiger partial charge in [0.05, 0.1) is 30.0 Å². The standard InChI is InChI=1S/C12H15ClN4O3S/c1-12(3-4-21(18,19)6-12)17-8(5-13)16-9-10(17)14-7-15-11(9)20-2/h7H,3-6H2,1-2H3. The zero-order valence-electron chi connectivity index (χ0n) is 11.7. The Morgan fingerprint density at radius 1 is 1.48 bits per heavy atom. The zero-order valence-corrected chi connectivity index (χ0v) is 13.3. The van der Waals surface area contributed by atoms with E-state index in [2.05, 4.69) is 15.0 Å². The number of imidazole rings is 1. The van der Waals surface area contributed by atoms with Crippen molar-refractivity contribution < 1.29 is 13.2 Å². The second-order valence-corrected chi connectivity index (χ2v) is 7.84. The summed E-state index contributed by atoms with van der Waals surface area (Å²) in [6.07, 6.45) is 1.89. The third kappa shape index (κ3) is 2.26. The van der Waals surface area contributed by atoms with Gasteiger partial charge in [0.2, 0.25) is 5.88 Å². The summed E-state index contributed by atoms with van der Waals surface area (Å²) in [7, 11) is -1.55. The Bertz CT molecular complexity index is 804. The largest absolute Gasteiger partial charge is 0.479 e. The fourth-order valence-corrected chi connectivity index (χ4v) is 5.19. The Labute approximate surface area is 127 Å². The first kappa shape index (κ1) is 14.5. The average Bonchev–Trinajstić information content (AvgIpc) is 2.96. The number of nitrogens with zero attached hydrogens (tertiary/aromatic N) is 4. The summed E-state index contributed by atoms with van der Waals surface area (Å²) in [4.78, 5) is 12.7. The van der Waals surface area contributed by atoms with Crippen LogP contribution >= 0.6 is 11.6 Å². The first-order valence-electron chi connectivity index (χ1n) is 6.43. The molecule has 1 fully saturated rings. The summed E-state index contributed by atoms with van der Waals surface area (Å²) in [5.41, 5.74) is 0.454. The van der Waals surface area contributed by atoms with E-state index in [1.165, 1.54) is 13.4 Å². The quantitative estimate of drug-likeness (QED) is 0.783. The smallest absolute Gasteiger partial charge is 0.245 e. The van der Waals surface area contributed by atoms with Gasteiger partial charge in [-0.15, -0.1) is 11.6 Å². The van der Waals surface area contributed by atoms with Crippen molar-refractivity contribution >= 4 is 32.6 Å². The molecule has 2 aromatic rings. The number of methoxy groups -OCH3 is 1. The Kier molecular flexibility index (Phi) is 3.32. The van der Waals surface area contributed by atoms with Gasteiger partial charge in [0, 0.05) is 0 Å². The maximum Gasteiger partial charge on any atom is 0.245 e. The van der Waals surface area contributed by atoms with Crippen LogP contribution in [0.25, 0.3) is 11.2 Å². The highest BCUT2D eigenvalue weighted by atomic mass is 35.5. The lowest BCUT2D eigenvalue weighted by Crippen LogP contribution is -2.33. The summed E-state index contributed by atoms with van der Waals surface area (Å²) in [6.45, 7) is 1.89. The minimum atomic E-state index is -3.06. The maximum atomic E-state index is 11.9. The number of alkyl halides is 1. The van der Waals surface area contributed by atoms with Crippen LogP contribution in [0.3, 0.4) is 0 Å². The van der Waals surface area contributed by atoms with Crippen molar-refractivity contribution in [3.05, 3.63) is 12.2 Å². The molecule has 1 saturated heterocycles. The number of hydrogen-bond acceptors (Lipinski definition) is 6. The molecule has 114 valence electrons. The fourth-order valence-electron chi connectivity index (χ4n) is 2.89. The monoisotopic (exact) mass is 330 g/mol. The van der Waals surface area contributed by atoms with E-state index in [-0.39, 0.29) is 17.4 Å². The Hall–Kier alpha value is -1.41. The second kappa shape index (κ2) is 4.81. The van der Waals surface area contributed by atoms with Crippen molar-refractivity contribution in [2.24, 2.45) is 0 Å². The van der Waals surface area contributed by atoms with Gasteiger partial charge in [-0.3, -0.25) is 0 Å². The molecule has 0 bridgehead atoms. The molecule has 9 heteroatoms. The summed E-state index contributed by atoms with van der Waals surface area (Å²) < 4.78 is 30.8. The zero-order chi connectivity index (χ0) is 15.3. The molecule has 0 N–H and O–H groups in total. The van der Waals surface area contributed by atoms with Gasteiger partial charge in [0.15, 0.2) is 21.0 Å². The van der Waals surface area contributed by atoms with Crippen molar-refractivity contribution in [2.75, 3.05) is 18.6 Å². The molecule has 21 heavy (non-hydrogen) atoms. The predicted molar refractivity (Wildman–Crippen MR) is 78.4 cm³/mol. The molecule has 3 heterocycles. The Morgan fingerprint density at radius 3 is 2.81 bits per heavy atom. The maximum absolute atomic E-state index is 11.9. The fraction of sp³-hybridized carbons (Fsp3) is 0.583. The first-order chi connectivity index (χ1) is 9.90. The summed E-state index contributed by atoms with van der Waals surface area (Å²) in [5.74, 6) is 1.31. The van der Waals surface area contributed by atoms with Crippen molar-refractivity contribution in [3.63, 3.8) is 0 Å². The minimum absolute atomic E-state index is 0.0572. The molecule has 0 radical (unpaired) electrons. The number of halogens is 1. The number of fused-ring (bicyclic) bond motifs is 1. The molecule has 0 amide bonds. The first-order valence-corrected chi connectivity index (χ1v) is 8.79. The molecular formula is C12H15ClN4O3S. The van der Waals surface area contributed by atoms with Crippen LogP contribution in [-0.4, -0.2) is 46.6 Å². The van der Waals surface area contributed by atoms with Crippen LogP contribution in [0.15, 0.2) is 6.33 Å². The molecular weight excluding hydrogens is 316 g/mol. The van der Waals surface area contributed by atoms with E-state index in [1.807, 2.05) is 11.5 Å². The molecule has 0 spiro atoms. The van der Waals surface area contributed by atoms with Crippen LogP contribution in [0.5, 0.6) is 5.88 Å². The Morgan fingerprint density at radius 2 is 2.24 bits per heavy atom. The summed E-state index contributed by atoms with van der Waals surface area (Å²) in [5, 5.41) is 0. The summed E-state index contributed by atoms with van der Waals surface area (Å²) >= 11 is 5.99. The van der Waals surface area contributed by atoms with Crippen molar-refractivity contribution in [1.29, 1.82) is 0 Å². The van der Waals surface area contributed by atoms with E-state index >= 15 is 0 Å². The normalized spacial score (nSPS) is 24.5. The molecule has 0 saturated carbocycles. The molecule has 1 atom stereocenters. The Balaban J connectivity index is 2.27. The molecule has 1 aliphatic heterocycles. The highest BCUT2D eigenvalue weighted by Crippen LogP contribution is 2.36. The number of rotatable bonds is 3. The van der Waals surface area contributed by atoms with E-state index in [4.69, 9.17) is 16.3 Å². The van der Waals surface area contributed by atoms with Gasteiger partial charge < -0.3 is 9.30 Å². The molecule has 7 nitrogen and oxygen atoms in total. The van der Waals surface area contributed by atoms with E-state index in [9.17, 15) is 8.42 Å². The van der Waals surface area contributed by atoms with E-state index in [0.717, 1.165) is 0 Å². The van der Waals surface area contributed by atoms with Gasteiger partial charge in [-0.05, 0) is 13.3 Å². The van der Waals surface area contributed by atoms with Crippen LogP contribution in [0.1, 0.15) is 19.2 Å². The highest BCUT2D eigenvalue weighted by molar-refractivity contribution is 7.91. The average molecular weight is 331 g/mol. The van der Waals surface area contributed by atoms with E-state index in [1.54, 1.807) is 0 Å². The van der Waals surface area contributed by atoms with Crippen LogP contribution in [0, 0.1) is 0 Å². The number of aromatic nitrogens is 4. The van der Waals surface area contributed by atoms with Gasteiger partial charge in [0.25, 0.3) is 0 Å². The second-order valence-electron chi connectivity index (χ2n) is 5.39. The lowest BCUT2D eigenvalue weighted by molar-refractivity contribution is 0.365. The lowest BCUT2D eigenvalue weighted by Gasteiger charge is -2.26. The van der Waals surface area contributed by atoms with Crippen LogP contribution in [-0.2, 0) is 21.3 Å². The molecule has 3 rings (SSSR count). The lowest BCUT2D eigenvalue weighted by atomic mass is 10.0. The minimum Gasteiger partial charge on any atom is -0.479 e. The topological polar surface area (TPSA) is 87.0 Å². The molecule has 2 aromatic heterocycles. The van der Waals surface area contributed by atoms with Crippen molar-refractivity contribution in [2.45, 2.75) is 24.8 Å². The molecule has 1 aliphatic rings. The van der Waals surface area contributed by atoms with Crippen LogP contribution in [0.4, 0.5) is 0 Å². The van der Waals surface area contributed by atoms with E-state index < -0.39 is 15.4 Å². The van der Waals surface area contributed by atoms with Gasteiger partial charge in [0.1, 0.15) is 12.2 Å². The molecule has 1 unspecified atom stereocenters. The number of sulfone groups is 1. The summed E-state index contributed by atoms with van der Waals surface area (Å²) in [6, 6.07) is 0. The van der Waals surface area contributed by atoms with Crippen LogP contribution in [0.2, 0.25) is 0 Å². The number of ether oxygens (including phenoxy) is 1. The SMILES string of the molecule is COc1ncnc2c1nc(CCl)n2C1(C)CCS(=O)(=O)C1. The van der Waals surface area contributed by atoms with Crippen molar-refractivity contribution in [1.82, 2.24) is 19.5 Å². The van der Waals surface area contributed by atoms with Crippen molar-refractivity contribution in [3.8, 4) is 5.88 Å². The van der Waals surface area contributed by atoms with Crippen LogP contribution < -0.4 is 4.74 Å². The van der Waals surface area contributed by atoms with Gasteiger partial charge in [-0.2, -0.15) is 4.98 Å². The third-order valence-electron chi connectivity index (χ3n) is 3.82. The van der Waals surface area contributed by atoms with Gasteiger partial charge in [-0.25, -0.2) is 18.4 Å². The third-order valence-corrected chi connectivity index (χ3v) is 5.94. The van der Waals surface area contributed by atoms with Gasteiger partial charge in [-0.1, -0.05) is 0 Å². The molecule has 0 aliphatic carbocycles.